The molecule has 1 aliphatic heterocycles. The van der Waals surface area contributed by atoms with Gasteiger partial charge in [0.25, 0.3) is 0 Å². The molecule has 1 unspecified atom stereocenters. The summed E-state index contributed by atoms with van der Waals surface area (Å²) in [7, 11) is 2.20. The van der Waals surface area contributed by atoms with Gasteiger partial charge in [0.2, 0.25) is 0 Å². The molecule has 0 radical (unpaired) electrons. The smallest absolute Gasteiger partial charge is 0.180 e. The van der Waals surface area contributed by atoms with E-state index in [1.807, 2.05) is 6.20 Å². The zero-order chi connectivity index (χ0) is 11.5. The Balaban J connectivity index is 1.97. The van der Waals surface area contributed by atoms with Crippen LogP contribution in [-0.2, 0) is 6.54 Å². The number of nitrogen functional groups attached to an aromatic ring is 1. The van der Waals surface area contributed by atoms with Crippen molar-refractivity contribution in [3.8, 4) is 0 Å². The van der Waals surface area contributed by atoms with Gasteiger partial charge in [-0.2, -0.15) is 0 Å². The maximum absolute atomic E-state index is 5.65. The highest BCUT2D eigenvalue weighted by molar-refractivity contribution is 7.15. The van der Waals surface area contributed by atoms with E-state index in [4.69, 9.17) is 5.73 Å². The second-order valence-electron chi connectivity index (χ2n) is 4.60. The van der Waals surface area contributed by atoms with E-state index in [-0.39, 0.29) is 0 Å². The van der Waals surface area contributed by atoms with Crippen molar-refractivity contribution in [2.45, 2.75) is 25.9 Å². The summed E-state index contributed by atoms with van der Waals surface area (Å²) in [5, 5.41) is 0.676. The van der Waals surface area contributed by atoms with Gasteiger partial charge in [0, 0.05) is 36.8 Å². The van der Waals surface area contributed by atoms with Gasteiger partial charge in [0.15, 0.2) is 5.13 Å². The molecule has 16 heavy (non-hydrogen) atoms. The molecule has 0 amide bonds. The Labute approximate surface area is 101 Å². The molecule has 2 rings (SSSR count). The monoisotopic (exact) mass is 240 g/mol. The fraction of sp³-hybridized carbons (Fsp3) is 0.727. The first-order valence-corrected chi connectivity index (χ1v) is 6.59. The van der Waals surface area contributed by atoms with Crippen molar-refractivity contribution >= 4 is 16.5 Å². The first kappa shape index (κ1) is 11.8. The molecule has 1 aliphatic rings. The topological polar surface area (TPSA) is 45.4 Å². The van der Waals surface area contributed by atoms with Gasteiger partial charge in [-0.1, -0.05) is 0 Å². The molecule has 4 nitrogen and oxygen atoms in total. The highest BCUT2D eigenvalue weighted by Gasteiger charge is 2.20. The van der Waals surface area contributed by atoms with Crippen LogP contribution in [0.2, 0.25) is 0 Å². The zero-order valence-electron chi connectivity index (χ0n) is 10.0. The van der Waals surface area contributed by atoms with Gasteiger partial charge in [-0.3, -0.25) is 4.90 Å². The lowest BCUT2D eigenvalue weighted by molar-refractivity contribution is 0.196. The molecule has 1 aromatic heterocycles. The molecule has 0 bridgehead atoms. The summed E-state index contributed by atoms with van der Waals surface area (Å²) in [5.41, 5.74) is 5.65. The minimum Gasteiger partial charge on any atom is -0.375 e. The van der Waals surface area contributed by atoms with E-state index in [2.05, 4.69) is 28.8 Å². The number of anilines is 1. The molecule has 1 aromatic rings. The molecular weight excluding hydrogens is 220 g/mol. The van der Waals surface area contributed by atoms with Crippen molar-refractivity contribution in [1.29, 1.82) is 0 Å². The number of aromatic nitrogens is 1. The van der Waals surface area contributed by atoms with E-state index in [0.29, 0.717) is 11.2 Å². The fourth-order valence-corrected chi connectivity index (χ4v) is 2.96. The molecule has 1 fully saturated rings. The van der Waals surface area contributed by atoms with Crippen LogP contribution in [0.4, 0.5) is 5.13 Å². The second kappa shape index (κ2) is 5.12. The third-order valence-electron chi connectivity index (χ3n) is 3.11. The van der Waals surface area contributed by atoms with Gasteiger partial charge in [0.1, 0.15) is 0 Å². The van der Waals surface area contributed by atoms with Gasteiger partial charge in [0.05, 0.1) is 0 Å². The van der Waals surface area contributed by atoms with Gasteiger partial charge >= 0.3 is 0 Å². The van der Waals surface area contributed by atoms with E-state index in [0.717, 1.165) is 13.1 Å². The number of rotatable bonds is 2. The van der Waals surface area contributed by atoms with Gasteiger partial charge in [-0.05, 0) is 26.9 Å². The minimum absolute atomic E-state index is 0.607. The van der Waals surface area contributed by atoms with Crippen molar-refractivity contribution in [1.82, 2.24) is 14.8 Å². The number of likely N-dealkylation sites (N-methyl/N-ethyl adjacent to an activating group) is 1. The van der Waals surface area contributed by atoms with Crippen molar-refractivity contribution in [2.24, 2.45) is 0 Å². The SMILES string of the molecule is CC1CN(C)CCCN1Cc1cnc(N)s1. The summed E-state index contributed by atoms with van der Waals surface area (Å²) < 4.78 is 0. The van der Waals surface area contributed by atoms with E-state index >= 15 is 0 Å². The largest absolute Gasteiger partial charge is 0.375 e. The summed E-state index contributed by atoms with van der Waals surface area (Å²) in [6.45, 7) is 6.80. The van der Waals surface area contributed by atoms with E-state index in [1.54, 1.807) is 11.3 Å². The number of hydrogen-bond donors (Lipinski definition) is 1. The number of nitrogens with two attached hydrogens (primary N) is 1. The molecule has 90 valence electrons. The second-order valence-corrected chi connectivity index (χ2v) is 5.75. The first-order chi connectivity index (χ1) is 7.65. The maximum atomic E-state index is 5.65. The fourth-order valence-electron chi connectivity index (χ4n) is 2.25. The molecular formula is C11H20N4S. The lowest BCUT2D eigenvalue weighted by Crippen LogP contribution is -2.37. The Morgan fingerprint density at radius 2 is 2.38 bits per heavy atom. The summed E-state index contributed by atoms with van der Waals surface area (Å²) in [6, 6.07) is 0.607. The number of hydrogen-bond acceptors (Lipinski definition) is 5. The summed E-state index contributed by atoms with van der Waals surface area (Å²) in [5.74, 6) is 0. The maximum Gasteiger partial charge on any atom is 0.180 e. The van der Waals surface area contributed by atoms with Gasteiger partial charge in [-0.15, -0.1) is 11.3 Å². The molecule has 5 heteroatoms. The molecule has 0 saturated carbocycles. The average molecular weight is 240 g/mol. The van der Waals surface area contributed by atoms with Gasteiger partial charge < -0.3 is 10.6 Å². The molecule has 0 spiro atoms. The summed E-state index contributed by atoms with van der Waals surface area (Å²) in [6.07, 6.45) is 3.15. The lowest BCUT2D eigenvalue weighted by atomic mass is 10.2. The van der Waals surface area contributed by atoms with Crippen LogP contribution in [0.5, 0.6) is 0 Å². The van der Waals surface area contributed by atoms with Crippen LogP contribution in [0.3, 0.4) is 0 Å². The lowest BCUT2D eigenvalue weighted by Gasteiger charge is -2.27. The van der Waals surface area contributed by atoms with Crippen LogP contribution in [0, 0.1) is 0 Å². The molecule has 2 N–H and O–H groups in total. The van der Waals surface area contributed by atoms with Crippen LogP contribution < -0.4 is 5.73 Å². The number of nitrogens with zero attached hydrogens (tertiary/aromatic N) is 3. The normalized spacial score (nSPS) is 24.5. The van der Waals surface area contributed by atoms with Crippen LogP contribution in [0.25, 0.3) is 0 Å². The highest BCUT2D eigenvalue weighted by atomic mass is 32.1. The Kier molecular flexibility index (Phi) is 3.78. The van der Waals surface area contributed by atoms with Crippen molar-refractivity contribution in [2.75, 3.05) is 32.4 Å². The average Bonchev–Trinajstić information content (AvgIpc) is 2.55. The third kappa shape index (κ3) is 2.93. The molecule has 1 saturated heterocycles. The molecule has 1 atom stereocenters. The summed E-state index contributed by atoms with van der Waals surface area (Å²) >= 11 is 1.60. The van der Waals surface area contributed by atoms with Crippen LogP contribution >= 0.6 is 11.3 Å². The van der Waals surface area contributed by atoms with Crippen LogP contribution in [-0.4, -0.2) is 47.5 Å². The van der Waals surface area contributed by atoms with Crippen LogP contribution in [0.1, 0.15) is 18.2 Å². The predicted octanol–water partition coefficient (Wildman–Crippen LogP) is 1.25. The molecule has 0 aromatic carbocycles. The number of thiazole rings is 1. The first-order valence-electron chi connectivity index (χ1n) is 5.78. The van der Waals surface area contributed by atoms with Crippen molar-refractivity contribution < 1.29 is 0 Å². The van der Waals surface area contributed by atoms with Crippen molar-refractivity contribution in [3.05, 3.63) is 11.1 Å². The third-order valence-corrected chi connectivity index (χ3v) is 3.93. The Morgan fingerprint density at radius 1 is 1.56 bits per heavy atom. The van der Waals surface area contributed by atoms with E-state index < -0.39 is 0 Å². The Hall–Kier alpha value is -0.650. The van der Waals surface area contributed by atoms with Gasteiger partial charge in [-0.25, -0.2) is 4.98 Å². The molecule has 2 heterocycles. The predicted molar refractivity (Wildman–Crippen MR) is 68.5 cm³/mol. The molecule has 0 aliphatic carbocycles. The highest BCUT2D eigenvalue weighted by Crippen LogP contribution is 2.19. The van der Waals surface area contributed by atoms with Crippen LogP contribution in [0.15, 0.2) is 6.20 Å². The Morgan fingerprint density at radius 3 is 3.06 bits per heavy atom. The quantitative estimate of drug-likeness (QED) is 0.845. The van der Waals surface area contributed by atoms with E-state index in [1.165, 1.54) is 24.4 Å². The van der Waals surface area contributed by atoms with Crippen molar-refractivity contribution in [3.63, 3.8) is 0 Å². The summed E-state index contributed by atoms with van der Waals surface area (Å²) in [4.78, 5) is 10.3. The Bertz CT molecular complexity index is 338. The zero-order valence-corrected chi connectivity index (χ0v) is 10.8. The van der Waals surface area contributed by atoms with E-state index in [9.17, 15) is 0 Å². The minimum atomic E-state index is 0.607. The standard InChI is InChI=1S/C11H20N4S/c1-9-7-14(2)4-3-5-15(9)8-10-6-13-11(12)16-10/h6,9H,3-5,7-8H2,1-2H3,(H2,12,13).